The molecule has 0 radical (unpaired) electrons. The zero-order valence-electron chi connectivity index (χ0n) is 12.7. The minimum absolute atomic E-state index is 0. The Morgan fingerprint density at radius 3 is 2.70 bits per heavy atom. The number of likely N-dealkylation sites (tertiary alicyclic amines) is 2. The standard InChI is InChI=1S/C15H29N3O.ClH/c1-13-5-2-3-10-18(13)15(19)12-17-9-4-6-14(11-17)7-8-16;/h13-14H,2-12,16H2,1H3;1H. The minimum Gasteiger partial charge on any atom is -0.339 e. The Morgan fingerprint density at radius 2 is 2.00 bits per heavy atom. The molecule has 0 aromatic rings. The van der Waals surface area contributed by atoms with E-state index in [-0.39, 0.29) is 12.4 Å². The number of hydrogen-bond acceptors (Lipinski definition) is 3. The third-order valence-corrected chi connectivity index (χ3v) is 4.66. The molecule has 5 heteroatoms. The fourth-order valence-electron chi connectivity index (χ4n) is 3.52. The van der Waals surface area contributed by atoms with E-state index in [1.54, 1.807) is 0 Å². The highest BCUT2D eigenvalue weighted by Gasteiger charge is 2.26. The topological polar surface area (TPSA) is 49.6 Å². The maximum atomic E-state index is 12.4. The van der Waals surface area contributed by atoms with Crippen molar-refractivity contribution in [1.82, 2.24) is 9.80 Å². The van der Waals surface area contributed by atoms with Crippen LogP contribution in [-0.4, -0.2) is 54.5 Å². The number of carbonyl (C=O) groups is 1. The van der Waals surface area contributed by atoms with Crippen molar-refractivity contribution in [2.75, 3.05) is 32.7 Å². The summed E-state index contributed by atoms with van der Waals surface area (Å²) in [5.41, 5.74) is 5.65. The van der Waals surface area contributed by atoms with Crippen molar-refractivity contribution in [1.29, 1.82) is 0 Å². The first-order valence-corrected chi connectivity index (χ1v) is 7.92. The molecule has 2 heterocycles. The molecule has 2 fully saturated rings. The van der Waals surface area contributed by atoms with Crippen LogP contribution in [-0.2, 0) is 4.79 Å². The second kappa shape index (κ2) is 8.85. The highest BCUT2D eigenvalue weighted by atomic mass is 35.5. The van der Waals surface area contributed by atoms with Crippen molar-refractivity contribution < 1.29 is 4.79 Å². The van der Waals surface area contributed by atoms with Crippen molar-refractivity contribution in [3.05, 3.63) is 0 Å². The van der Waals surface area contributed by atoms with Crippen LogP contribution in [0.3, 0.4) is 0 Å². The summed E-state index contributed by atoms with van der Waals surface area (Å²) in [5.74, 6) is 1.03. The molecule has 2 N–H and O–H groups in total. The fourth-order valence-corrected chi connectivity index (χ4v) is 3.52. The fraction of sp³-hybridized carbons (Fsp3) is 0.933. The van der Waals surface area contributed by atoms with E-state index in [4.69, 9.17) is 5.73 Å². The third kappa shape index (κ3) is 4.90. The number of piperidine rings is 2. The smallest absolute Gasteiger partial charge is 0.236 e. The molecule has 0 spiro atoms. The average molecular weight is 304 g/mol. The summed E-state index contributed by atoms with van der Waals surface area (Å²) in [6, 6.07) is 0.436. The summed E-state index contributed by atoms with van der Waals surface area (Å²) in [7, 11) is 0. The SMILES string of the molecule is CC1CCCCN1C(=O)CN1CCCC(CCN)C1.Cl. The number of nitrogens with two attached hydrogens (primary N) is 1. The largest absolute Gasteiger partial charge is 0.339 e. The lowest BCUT2D eigenvalue weighted by molar-refractivity contribution is -0.136. The molecular formula is C15H30ClN3O. The van der Waals surface area contributed by atoms with E-state index in [2.05, 4.69) is 16.7 Å². The summed E-state index contributed by atoms with van der Waals surface area (Å²) in [4.78, 5) is 16.8. The molecule has 118 valence electrons. The molecule has 2 aliphatic rings. The first-order valence-electron chi connectivity index (χ1n) is 7.92. The predicted molar refractivity (Wildman–Crippen MR) is 85.1 cm³/mol. The van der Waals surface area contributed by atoms with Crippen LogP contribution in [0.5, 0.6) is 0 Å². The lowest BCUT2D eigenvalue weighted by Gasteiger charge is -2.37. The molecule has 2 rings (SSSR count). The van der Waals surface area contributed by atoms with E-state index >= 15 is 0 Å². The minimum atomic E-state index is 0. The molecule has 4 nitrogen and oxygen atoms in total. The van der Waals surface area contributed by atoms with Crippen LogP contribution in [0.25, 0.3) is 0 Å². The van der Waals surface area contributed by atoms with Gasteiger partial charge in [0.05, 0.1) is 6.54 Å². The number of halogens is 1. The highest BCUT2D eigenvalue weighted by molar-refractivity contribution is 5.85. The van der Waals surface area contributed by atoms with E-state index in [9.17, 15) is 4.79 Å². The van der Waals surface area contributed by atoms with E-state index < -0.39 is 0 Å². The molecule has 2 saturated heterocycles. The van der Waals surface area contributed by atoms with Crippen LogP contribution >= 0.6 is 12.4 Å². The summed E-state index contributed by atoms with van der Waals surface area (Å²) in [6.07, 6.45) is 7.21. The summed E-state index contributed by atoms with van der Waals surface area (Å²) in [5, 5.41) is 0. The summed E-state index contributed by atoms with van der Waals surface area (Å²) in [6.45, 7) is 6.67. The Balaban J connectivity index is 0.00000200. The molecule has 1 amide bonds. The Labute approximate surface area is 129 Å². The molecule has 0 aromatic heterocycles. The number of carbonyl (C=O) groups excluding carboxylic acids is 1. The zero-order valence-corrected chi connectivity index (χ0v) is 13.5. The molecule has 20 heavy (non-hydrogen) atoms. The van der Waals surface area contributed by atoms with Gasteiger partial charge in [-0.2, -0.15) is 0 Å². The molecular weight excluding hydrogens is 274 g/mol. The second-order valence-corrected chi connectivity index (χ2v) is 6.25. The van der Waals surface area contributed by atoms with Gasteiger partial charge in [0, 0.05) is 19.1 Å². The quantitative estimate of drug-likeness (QED) is 0.862. The number of rotatable bonds is 4. The van der Waals surface area contributed by atoms with Gasteiger partial charge in [-0.1, -0.05) is 0 Å². The first-order chi connectivity index (χ1) is 9.20. The van der Waals surface area contributed by atoms with Crippen molar-refractivity contribution in [3.8, 4) is 0 Å². The molecule has 0 aromatic carbocycles. The second-order valence-electron chi connectivity index (χ2n) is 6.25. The highest BCUT2D eigenvalue weighted by Crippen LogP contribution is 2.20. The van der Waals surface area contributed by atoms with Gasteiger partial charge < -0.3 is 10.6 Å². The van der Waals surface area contributed by atoms with Crippen LogP contribution in [0.4, 0.5) is 0 Å². The Hall–Kier alpha value is -0.320. The van der Waals surface area contributed by atoms with Gasteiger partial charge in [-0.25, -0.2) is 0 Å². The zero-order chi connectivity index (χ0) is 13.7. The summed E-state index contributed by atoms with van der Waals surface area (Å²) < 4.78 is 0. The van der Waals surface area contributed by atoms with Gasteiger partial charge >= 0.3 is 0 Å². The average Bonchev–Trinajstić information content (AvgIpc) is 2.40. The van der Waals surface area contributed by atoms with Crippen LogP contribution in [0.15, 0.2) is 0 Å². The van der Waals surface area contributed by atoms with Gasteiger partial charge in [0.25, 0.3) is 0 Å². The van der Waals surface area contributed by atoms with Crippen LogP contribution in [0.1, 0.15) is 45.4 Å². The number of nitrogens with zero attached hydrogens (tertiary/aromatic N) is 2. The lowest BCUT2D eigenvalue weighted by Crippen LogP contribution is -2.48. The van der Waals surface area contributed by atoms with Crippen molar-refractivity contribution in [2.24, 2.45) is 11.7 Å². The normalized spacial score (nSPS) is 28.0. The maximum absolute atomic E-state index is 12.4. The van der Waals surface area contributed by atoms with Gasteiger partial charge in [0.15, 0.2) is 0 Å². The molecule has 2 aliphatic heterocycles. The van der Waals surface area contributed by atoms with Gasteiger partial charge in [-0.3, -0.25) is 9.69 Å². The van der Waals surface area contributed by atoms with Gasteiger partial charge in [-0.15, -0.1) is 12.4 Å². The number of hydrogen-bond donors (Lipinski definition) is 1. The third-order valence-electron chi connectivity index (χ3n) is 4.66. The predicted octanol–water partition coefficient (Wildman–Crippen LogP) is 1.87. The van der Waals surface area contributed by atoms with Crippen LogP contribution < -0.4 is 5.73 Å². The molecule has 0 aliphatic carbocycles. The van der Waals surface area contributed by atoms with Gasteiger partial charge in [0.2, 0.25) is 5.91 Å². The van der Waals surface area contributed by atoms with Crippen molar-refractivity contribution in [2.45, 2.75) is 51.5 Å². The van der Waals surface area contributed by atoms with Crippen molar-refractivity contribution in [3.63, 3.8) is 0 Å². The molecule has 2 unspecified atom stereocenters. The molecule has 0 bridgehead atoms. The van der Waals surface area contributed by atoms with Crippen LogP contribution in [0.2, 0.25) is 0 Å². The maximum Gasteiger partial charge on any atom is 0.236 e. The first kappa shape index (κ1) is 17.7. The van der Waals surface area contributed by atoms with Crippen LogP contribution in [0, 0.1) is 5.92 Å². The molecule has 0 saturated carbocycles. The molecule has 2 atom stereocenters. The van der Waals surface area contributed by atoms with E-state index in [1.807, 2.05) is 0 Å². The Bertz CT molecular complexity index is 299. The Kier molecular flexibility index (Phi) is 7.85. The van der Waals surface area contributed by atoms with E-state index in [1.165, 1.54) is 32.1 Å². The lowest BCUT2D eigenvalue weighted by atomic mass is 9.95. The van der Waals surface area contributed by atoms with Gasteiger partial charge in [-0.05, 0) is 64.5 Å². The summed E-state index contributed by atoms with van der Waals surface area (Å²) >= 11 is 0. The van der Waals surface area contributed by atoms with Crippen molar-refractivity contribution >= 4 is 18.3 Å². The van der Waals surface area contributed by atoms with E-state index in [0.717, 1.165) is 32.6 Å². The Morgan fingerprint density at radius 1 is 1.20 bits per heavy atom. The van der Waals surface area contributed by atoms with E-state index in [0.29, 0.717) is 24.4 Å². The number of amides is 1. The van der Waals surface area contributed by atoms with Gasteiger partial charge in [0.1, 0.15) is 0 Å². The monoisotopic (exact) mass is 303 g/mol.